The summed E-state index contributed by atoms with van der Waals surface area (Å²) in [5.74, 6) is 0.548. The third kappa shape index (κ3) is 4.40. The number of nitrogens with two attached hydrogens (primary N) is 1. The maximum atomic E-state index is 12.5. The molecule has 6 heteroatoms. The highest BCUT2D eigenvalue weighted by molar-refractivity contribution is 5.30. The Kier molecular flexibility index (Phi) is 5.20. The number of hydrogen-bond donors (Lipinski definition) is 1. The molecule has 0 heterocycles. The highest BCUT2D eigenvalue weighted by Crippen LogP contribution is 2.30. The molecule has 1 rings (SSSR count). The fourth-order valence-corrected chi connectivity index (χ4v) is 1.62. The maximum Gasteiger partial charge on any atom is 0.414 e. The fourth-order valence-electron chi connectivity index (χ4n) is 1.62. The summed E-state index contributed by atoms with van der Waals surface area (Å²) >= 11 is 0. The molecule has 0 saturated carbocycles. The van der Waals surface area contributed by atoms with Crippen LogP contribution in [-0.4, -0.2) is 25.4 Å². The molecule has 0 aliphatic rings. The van der Waals surface area contributed by atoms with Crippen LogP contribution in [0.2, 0.25) is 0 Å². The Labute approximate surface area is 110 Å². The van der Waals surface area contributed by atoms with Crippen LogP contribution in [0, 0.1) is 0 Å². The molecule has 19 heavy (non-hydrogen) atoms. The van der Waals surface area contributed by atoms with E-state index in [1.807, 2.05) is 0 Å². The SMILES string of the molecule is COc1cccc(C(OC(C)C(F)(F)F)C(C)N)c1. The Balaban J connectivity index is 2.94. The summed E-state index contributed by atoms with van der Waals surface area (Å²) in [5, 5.41) is 0. The Morgan fingerprint density at radius 3 is 2.32 bits per heavy atom. The largest absolute Gasteiger partial charge is 0.497 e. The van der Waals surface area contributed by atoms with Crippen molar-refractivity contribution in [2.75, 3.05) is 7.11 Å². The van der Waals surface area contributed by atoms with Crippen molar-refractivity contribution < 1.29 is 22.6 Å². The van der Waals surface area contributed by atoms with Gasteiger partial charge in [-0.1, -0.05) is 12.1 Å². The van der Waals surface area contributed by atoms with Crippen LogP contribution in [0.5, 0.6) is 5.75 Å². The summed E-state index contributed by atoms with van der Waals surface area (Å²) in [6.07, 6.45) is -7.13. The van der Waals surface area contributed by atoms with Crippen LogP contribution < -0.4 is 10.5 Å². The van der Waals surface area contributed by atoms with Crippen LogP contribution in [0.4, 0.5) is 13.2 Å². The Bertz CT molecular complexity index is 407. The molecule has 2 N–H and O–H groups in total. The van der Waals surface area contributed by atoms with Gasteiger partial charge in [0.25, 0.3) is 0 Å². The zero-order valence-corrected chi connectivity index (χ0v) is 11.1. The van der Waals surface area contributed by atoms with Gasteiger partial charge in [0.15, 0.2) is 6.10 Å². The van der Waals surface area contributed by atoms with E-state index in [4.69, 9.17) is 15.2 Å². The van der Waals surface area contributed by atoms with Crippen molar-refractivity contribution in [3.63, 3.8) is 0 Å². The molecule has 0 spiro atoms. The first-order chi connectivity index (χ1) is 8.75. The predicted molar refractivity (Wildman–Crippen MR) is 66.0 cm³/mol. The van der Waals surface area contributed by atoms with Gasteiger partial charge in [-0.05, 0) is 31.5 Å². The number of ether oxygens (including phenoxy) is 2. The van der Waals surface area contributed by atoms with E-state index in [-0.39, 0.29) is 0 Å². The van der Waals surface area contributed by atoms with E-state index in [1.54, 1.807) is 31.2 Å². The van der Waals surface area contributed by atoms with E-state index in [1.165, 1.54) is 7.11 Å². The molecule has 0 aliphatic carbocycles. The van der Waals surface area contributed by atoms with Gasteiger partial charge < -0.3 is 15.2 Å². The van der Waals surface area contributed by atoms with Crippen molar-refractivity contribution >= 4 is 0 Å². The second-order valence-electron chi connectivity index (χ2n) is 4.38. The molecule has 0 radical (unpaired) electrons. The quantitative estimate of drug-likeness (QED) is 0.899. The second-order valence-corrected chi connectivity index (χ2v) is 4.38. The average Bonchev–Trinajstić information content (AvgIpc) is 2.34. The van der Waals surface area contributed by atoms with Gasteiger partial charge in [-0.15, -0.1) is 0 Å². The lowest BCUT2D eigenvalue weighted by Crippen LogP contribution is -2.35. The highest BCUT2D eigenvalue weighted by Gasteiger charge is 2.39. The van der Waals surface area contributed by atoms with Gasteiger partial charge >= 0.3 is 6.18 Å². The monoisotopic (exact) mass is 277 g/mol. The molecule has 0 bridgehead atoms. The van der Waals surface area contributed by atoms with Crippen LogP contribution in [0.25, 0.3) is 0 Å². The summed E-state index contributed by atoms with van der Waals surface area (Å²) in [6.45, 7) is 2.57. The van der Waals surface area contributed by atoms with Crippen molar-refractivity contribution in [2.45, 2.75) is 38.3 Å². The minimum absolute atomic E-state index is 0.548. The van der Waals surface area contributed by atoms with Gasteiger partial charge in [0.05, 0.1) is 13.2 Å². The van der Waals surface area contributed by atoms with Crippen LogP contribution in [0.1, 0.15) is 25.5 Å². The van der Waals surface area contributed by atoms with Crippen molar-refractivity contribution in [1.82, 2.24) is 0 Å². The summed E-state index contributed by atoms with van der Waals surface area (Å²) in [6, 6.07) is 6.11. The first kappa shape index (κ1) is 15.8. The van der Waals surface area contributed by atoms with Crippen molar-refractivity contribution in [3.8, 4) is 5.75 Å². The molecule has 0 saturated heterocycles. The number of alkyl halides is 3. The molecule has 1 aromatic rings. The standard InChI is InChI=1S/C13H18F3NO2/c1-8(17)12(19-9(2)13(14,15)16)10-5-4-6-11(7-10)18-3/h4-9,12H,17H2,1-3H3. The zero-order valence-electron chi connectivity index (χ0n) is 11.1. The fraction of sp³-hybridized carbons (Fsp3) is 0.538. The first-order valence-electron chi connectivity index (χ1n) is 5.87. The molecule has 108 valence electrons. The average molecular weight is 277 g/mol. The van der Waals surface area contributed by atoms with E-state index >= 15 is 0 Å². The number of benzene rings is 1. The molecule has 1 aromatic carbocycles. The predicted octanol–water partition coefficient (Wildman–Crippen LogP) is 3.05. The molecule has 0 fully saturated rings. The second kappa shape index (κ2) is 6.25. The molecular weight excluding hydrogens is 259 g/mol. The number of rotatable bonds is 5. The van der Waals surface area contributed by atoms with E-state index in [0.717, 1.165) is 6.92 Å². The van der Waals surface area contributed by atoms with Gasteiger partial charge in [0.1, 0.15) is 5.75 Å². The summed E-state index contributed by atoms with van der Waals surface area (Å²) < 4.78 is 47.7. The van der Waals surface area contributed by atoms with Crippen LogP contribution in [0.15, 0.2) is 24.3 Å². The lowest BCUT2D eigenvalue weighted by Gasteiger charge is -2.27. The van der Waals surface area contributed by atoms with Crippen molar-refractivity contribution in [1.29, 1.82) is 0 Å². The minimum atomic E-state index is -4.41. The van der Waals surface area contributed by atoms with Crippen molar-refractivity contribution in [2.24, 2.45) is 5.73 Å². The summed E-state index contributed by atoms with van der Waals surface area (Å²) in [5.41, 5.74) is 6.28. The van der Waals surface area contributed by atoms with Crippen molar-refractivity contribution in [3.05, 3.63) is 29.8 Å². The topological polar surface area (TPSA) is 44.5 Å². The third-order valence-electron chi connectivity index (χ3n) is 2.71. The van der Waals surface area contributed by atoms with Gasteiger partial charge in [0, 0.05) is 6.04 Å². The van der Waals surface area contributed by atoms with E-state index in [9.17, 15) is 13.2 Å². The van der Waals surface area contributed by atoms with E-state index < -0.39 is 24.4 Å². The smallest absolute Gasteiger partial charge is 0.414 e. The van der Waals surface area contributed by atoms with E-state index in [2.05, 4.69) is 0 Å². The van der Waals surface area contributed by atoms with Gasteiger partial charge in [0.2, 0.25) is 0 Å². The Morgan fingerprint density at radius 2 is 1.84 bits per heavy atom. The summed E-state index contributed by atoms with van der Waals surface area (Å²) in [4.78, 5) is 0. The minimum Gasteiger partial charge on any atom is -0.497 e. The van der Waals surface area contributed by atoms with Crippen LogP contribution in [-0.2, 0) is 4.74 Å². The Hall–Kier alpha value is -1.27. The molecule has 3 atom stereocenters. The van der Waals surface area contributed by atoms with Crippen LogP contribution in [0.3, 0.4) is 0 Å². The maximum absolute atomic E-state index is 12.5. The van der Waals surface area contributed by atoms with Gasteiger partial charge in [-0.3, -0.25) is 0 Å². The number of halogens is 3. The lowest BCUT2D eigenvalue weighted by molar-refractivity contribution is -0.229. The zero-order chi connectivity index (χ0) is 14.6. The highest BCUT2D eigenvalue weighted by atomic mass is 19.4. The normalized spacial score (nSPS) is 16.8. The molecular formula is C13H18F3NO2. The molecule has 0 aliphatic heterocycles. The number of methoxy groups -OCH3 is 1. The molecule has 0 amide bonds. The Morgan fingerprint density at radius 1 is 1.21 bits per heavy atom. The summed E-state index contributed by atoms with van der Waals surface area (Å²) in [7, 11) is 1.49. The first-order valence-corrected chi connectivity index (χ1v) is 5.87. The third-order valence-corrected chi connectivity index (χ3v) is 2.71. The molecule has 3 nitrogen and oxygen atoms in total. The van der Waals surface area contributed by atoms with E-state index in [0.29, 0.717) is 11.3 Å². The lowest BCUT2D eigenvalue weighted by atomic mass is 10.0. The van der Waals surface area contributed by atoms with Gasteiger partial charge in [-0.2, -0.15) is 13.2 Å². The molecule has 0 aromatic heterocycles. The molecule has 3 unspecified atom stereocenters. The van der Waals surface area contributed by atoms with Gasteiger partial charge in [-0.25, -0.2) is 0 Å². The van der Waals surface area contributed by atoms with Crippen LogP contribution >= 0.6 is 0 Å². The number of hydrogen-bond acceptors (Lipinski definition) is 3.